The van der Waals surface area contributed by atoms with Gasteiger partial charge in [-0.15, -0.1) is 11.6 Å². The molecule has 6 nitrogen and oxygen atoms in total. The number of halogens is 2. The van der Waals surface area contributed by atoms with Crippen molar-refractivity contribution in [1.29, 1.82) is 0 Å². The van der Waals surface area contributed by atoms with Gasteiger partial charge in [-0.05, 0) is 37.1 Å². The van der Waals surface area contributed by atoms with Gasteiger partial charge >= 0.3 is 0 Å². The fourth-order valence-corrected chi connectivity index (χ4v) is 3.98. The van der Waals surface area contributed by atoms with E-state index in [0.29, 0.717) is 22.2 Å². The lowest BCUT2D eigenvalue weighted by atomic mass is 10.0. The molecule has 0 spiro atoms. The summed E-state index contributed by atoms with van der Waals surface area (Å²) in [7, 11) is 0. The molecule has 1 aromatic heterocycles. The van der Waals surface area contributed by atoms with E-state index in [9.17, 15) is 4.79 Å². The molecule has 1 amide bonds. The van der Waals surface area contributed by atoms with Crippen LogP contribution in [0.25, 0.3) is 22.6 Å². The number of nitrogens with one attached hydrogen (secondary N) is 1. The van der Waals surface area contributed by atoms with E-state index in [1.807, 2.05) is 36.4 Å². The van der Waals surface area contributed by atoms with Gasteiger partial charge in [-0.25, -0.2) is 0 Å². The molecule has 1 fully saturated rings. The summed E-state index contributed by atoms with van der Waals surface area (Å²) in [4.78, 5) is 13.9. The van der Waals surface area contributed by atoms with Crippen molar-refractivity contribution >= 4 is 40.5 Å². The number of hydrogen-bond donors (Lipinski definition) is 2. The standard InChI is InChI=1S/C22H22Cl2N4O2/c23-13-21(29)26-16-4-1-3-14(11-16)20-12-18(27-30-20)22-17(24)5-2-6-19(22)28-9-7-15(25)8-10-28/h1-6,11-12,15H,7-10,13,25H2,(H,26,29). The van der Waals surface area contributed by atoms with E-state index in [0.717, 1.165) is 42.7 Å². The minimum Gasteiger partial charge on any atom is -0.371 e. The highest BCUT2D eigenvalue weighted by Crippen LogP contribution is 2.39. The first-order valence-electron chi connectivity index (χ1n) is 9.77. The van der Waals surface area contributed by atoms with Gasteiger partial charge in [-0.1, -0.05) is 35.0 Å². The van der Waals surface area contributed by atoms with Gasteiger partial charge in [0.1, 0.15) is 11.6 Å². The van der Waals surface area contributed by atoms with Crippen molar-refractivity contribution in [1.82, 2.24) is 5.16 Å². The molecule has 156 valence electrons. The highest BCUT2D eigenvalue weighted by atomic mass is 35.5. The molecule has 30 heavy (non-hydrogen) atoms. The van der Waals surface area contributed by atoms with Crippen LogP contribution >= 0.6 is 23.2 Å². The SMILES string of the molecule is NC1CCN(c2cccc(Cl)c2-c2cc(-c3cccc(NC(=O)CCl)c3)on2)CC1. The van der Waals surface area contributed by atoms with Crippen LogP contribution in [0.2, 0.25) is 5.02 Å². The van der Waals surface area contributed by atoms with Gasteiger partial charge in [0.25, 0.3) is 0 Å². The lowest BCUT2D eigenvalue weighted by Crippen LogP contribution is -2.39. The van der Waals surface area contributed by atoms with Gasteiger partial charge in [-0.2, -0.15) is 0 Å². The number of amides is 1. The first-order valence-corrected chi connectivity index (χ1v) is 10.7. The van der Waals surface area contributed by atoms with E-state index < -0.39 is 0 Å². The minimum atomic E-state index is -0.269. The van der Waals surface area contributed by atoms with E-state index in [-0.39, 0.29) is 17.8 Å². The Balaban J connectivity index is 1.65. The highest BCUT2D eigenvalue weighted by molar-refractivity contribution is 6.34. The Hall–Kier alpha value is -2.54. The number of benzene rings is 2. The molecule has 0 aliphatic carbocycles. The quantitative estimate of drug-likeness (QED) is 0.553. The van der Waals surface area contributed by atoms with E-state index in [1.165, 1.54) is 0 Å². The zero-order chi connectivity index (χ0) is 21.1. The number of carbonyl (C=O) groups excluding carboxylic acids is 1. The lowest BCUT2D eigenvalue weighted by molar-refractivity contribution is -0.113. The third-order valence-electron chi connectivity index (χ3n) is 5.19. The molecule has 1 saturated heterocycles. The number of nitrogens with zero attached hydrogens (tertiary/aromatic N) is 2. The predicted molar refractivity (Wildman–Crippen MR) is 121 cm³/mol. The van der Waals surface area contributed by atoms with Crippen molar-refractivity contribution in [3.05, 3.63) is 53.6 Å². The second-order valence-electron chi connectivity index (χ2n) is 7.30. The van der Waals surface area contributed by atoms with Crippen LogP contribution in [0.15, 0.2) is 53.1 Å². The summed E-state index contributed by atoms with van der Waals surface area (Å²) in [5, 5.41) is 7.63. The Bertz CT molecular complexity index is 1050. The maximum atomic E-state index is 11.6. The summed E-state index contributed by atoms with van der Waals surface area (Å²) in [6, 6.07) is 15.3. The second-order valence-corrected chi connectivity index (χ2v) is 7.97. The molecule has 0 atom stereocenters. The average molecular weight is 445 g/mol. The van der Waals surface area contributed by atoms with Gasteiger partial charge in [0.05, 0.1) is 5.02 Å². The van der Waals surface area contributed by atoms with Crippen molar-refractivity contribution in [3.63, 3.8) is 0 Å². The maximum absolute atomic E-state index is 11.6. The van der Waals surface area contributed by atoms with Crippen molar-refractivity contribution < 1.29 is 9.32 Å². The first-order chi connectivity index (χ1) is 14.5. The predicted octanol–water partition coefficient (Wildman–Crippen LogP) is 4.77. The molecule has 1 aliphatic heterocycles. The number of carbonyl (C=O) groups is 1. The van der Waals surface area contributed by atoms with Crippen LogP contribution in [0, 0.1) is 0 Å². The van der Waals surface area contributed by atoms with E-state index in [1.54, 1.807) is 6.07 Å². The Morgan fingerprint density at radius 2 is 1.97 bits per heavy atom. The average Bonchev–Trinajstić information content (AvgIpc) is 3.24. The largest absolute Gasteiger partial charge is 0.371 e. The number of hydrogen-bond acceptors (Lipinski definition) is 5. The molecular weight excluding hydrogens is 423 g/mol. The van der Waals surface area contributed by atoms with Crippen molar-refractivity contribution in [2.45, 2.75) is 18.9 Å². The van der Waals surface area contributed by atoms with Crippen LogP contribution in [-0.2, 0) is 4.79 Å². The summed E-state index contributed by atoms with van der Waals surface area (Å²) in [5.41, 5.74) is 10.0. The second kappa shape index (κ2) is 9.08. The molecule has 0 saturated carbocycles. The molecular formula is C22H22Cl2N4O2. The smallest absolute Gasteiger partial charge is 0.239 e. The Morgan fingerprint density at radius 3 is 2.73 bits per heavy atom. The van der Waals surface area contributed by atoms with Gasteiger partial charge in [0.15, 0.2) is 5.76 Å². The zero-order valence-corrected chi connectivity index (χ0v) is 17.8. The molecule has 0 radical (unpaired) electrons. The van der Waals surface area contributed by atoms with Gasteiger partial charge in [0.2, 0.25) is 5.91 Å². The van der Waals surface area contributed by atoms with Crippen molar-refractivity contribution in [2.24, 2.45) is 5.73 Å². The molecule has 1 aliphatic rings. The number of nitrogens with two attached hydrogens (primary N) is 1. The van der Waals surface area contributed by atoms with Crippen LogP contribution in [0.4, 0.5) is 11.4 Å². The lowest BCUT2D eigenvalue weighted by Gasteiger charge is -2.33. The number of piperidine rings is 1. The van der Waals surface area contributed by atoms with Crippen LogP contribution in [0.5, 0.6) is 0 Å². The fraction of sp³-hybridized carbons (Fsp3) is 0.273. The number of alkyl halides is 1. The summed E-state index contributed by atoms with van der Waals surface area (Å²) in [6.07, 6.45) is 1.88. The van der Waals surface area contributed by atoms with Crippen LogP contribution in [0.3, 0.4) is 0 Å². The number of aromatic nitrogens is 1. The number of rotatable bonds is 5. The molecule has 2 aromatic carbocycles. The highest BCUT2D eigenvalue weighted by Gasteiger charge is 2.22. The van der Waals surface area contributed by atoms with E-state index in [4.69, 9.17) is 33.5 Å². The Labute approximate surface area is 184 Å². The minimum absolute atomic E-state index is 0.104. The van der Waals surface area contributed by atoms with Gasteiger partial charge in [-0.3, -0.25) is 4.79 Å². The van der Waals surface area contributed by atoms with Crippen molar-refractivity contribution in [3.8, 4) is 22.6 Å². The molecule has 0 unspecified atom stereocenters. The Morgan fingerprint density at radius 1 is 1.20 bits per heavy atom. The number of anilines is 2. The zero-order valence-electron chi connectivity index (χ0n) is 16.3. The van der Waals surface area contributed by atoms with Gasteiger partial charge in [0, 0.05) is 47.7 Å². The Kier molecular flexibility index (Phi) is 6.27. The van der Waals surface area contributed by atoms with E-state index in [2.05, 4.69) is 21.4 Å². The fourth-order valence-electron chi connectivity index (χ4n) is 3.64. The third kappa shape index (κ3) is 4.46. The topological polar surface area (TPSA) is 84.4 Å². The molecule has 3 aromatic rings. The maximum Gasteiger partial charge on any atom is 0.239 e. The van der Waals surface area contributed by atoms with Gasteiger partial charge < -0.3 is 20.5 Å². The molecule has 0 bridgehead atoms. The molecule has 3 N–H and O–H groups in total. The van der Waals surface area contributed by atoms with Crippen LogP contribution in [0.1, 0.15) is 12.8 Å². The first kappa shape index (κ1) is 20.7. The summed E-state index contributed by atoms with van der Waals surface area (Å²) in [6.45, 7) is 1.75. The summed E-state index contributed by atoms with van der Waals surface area (Å²) >= 11 is 12.1. The third-order valence-corrected chi connectivity index (χ3v) is 5.75. The summed E-state index contributed by atoms with van der Waals surface area (Å²) < 4.78 is 5.62. The van der Waals surface area contributed by atoms with Crippen LogP contribution in [-0.4, -0.2) is 36.1 Å². The molecule has 4 rings (SSSR count). The molecule has 2 heterocycles. The normalized spacial score (nSPS) is 14.7. The van der Waals surface area contributed by atoms with Crippen LogP contribution < -0.4 is 16.0 Å². The van der Waals surface area contributed by atoms with Crippen molar-refractivity contribution in [2.75, 3.05) is 29.2 Å². The molecule has 8 heteroatoms. The van der Waals surface area contributed by atoms with E-state index >= 15 is 0 Å². The monoisotopic (exact) mass is 444 g/mol. The summed E-state index contributed by atoms with van der Waals surface area (Å²) in [5.74, 6) is 0.209.